The summed E-state index contributed by atoms with van der Waals surface area (Å²) in [5, 5.41) is 23.0. The number of ether oxygens (including phenoxy) is 1. The van der Waals surface area contributed by atoms with Crippen LogP contribution in [0.2, 0.25) is 0 Å². The van der Waals surface area contributed by atoms with Crippen LogP contribution in [0.5, 0.6) is 0 Å². The minimum atomic E-state index is -2.45. The predicted molar refractivity (Wildman–Crippen MR) is 96.5 cm³/mol. The number of nitro groups is 2. The van der Waals surface area contributed by atoms with E-state index >= 15 is 0 Å². The number of nitrogens with zero attached hydrogens (tertiary/aromatic N) is 2. The fourth-order valence-electron chi connectivity index (χ4n) is 2.65. The molecule has 142 valence electrons. The molecule has 0 spiro atoms. The fourth-order valence-corrected chi connectivity index (χ4v) is 2.65. The topological polar surface area (TPSA) is 113 Å². The zero-order valence-corrected chi connectivity index (χ0v) is 15.2. The minimum absolute atomic E-state index is 0.0396. The van der Waals surface area contributed by atoms with Gasteiger partial charge in [-0.1, -0.05) is 56.2 Å². The van der Waals surface area contributed by atoms with E-state index in [1.807, 2.05) is 6.92 Å². The molecule has 0 aromatic heterocycles. The fraction of sp³-hybridized carbons (Fsp3) is 0.500. The predicted octanol–water partition coefficient (Wildman–Crippen LogP) is 3.85. The van der Waals surface area contributed by atoms with E-state index in [9.17, 15) is 25.0 Å². The van der Waals surface area contributed by atoms with Gasteiger partial charge in [-0.25, -0.2) is 4.79 Å². The molecule has 26 heavy (non-hydrogen) atoms. The van der Waals surface area contributed by atoms with Crippen molar-refractivity contribution in [2.75, 3.05) is 0 Å². The molecular formula is C18H24N2O6. The van der Waals surface area contributed by atoms with Crippen LogP contribution in [0.25, 0.3) is 5.57 Å². The number of rotatable bonds is 10. The van der Waals surface area contributed by atoms with Crippen molar-refractivity contribution in [1.29, 1.82) is 0 Å². The molecule has 0 fully saturated rings. The first-order chi connectivity index (χ1) is 12.3. The molecule has 8 heteroatoms. The van der Waals surface area contributed by atoms with Crippen LogP contribution in [-0.4, -0.2) is 27.6 Å². The number of benzene rings is 1. The maximum absolute atomic E-state index is 12.5. The van der Waals surface area contributed by atoms with Crippen molar-refractivity contribution >= 4 is 11.5 Å². The average Bonchev–Trinajstić information content (AvgIpc) is 2.59. The van der Waals surface area contributed by atoms with Crippen molar-refractivity contribution in [2.24, 2.45) is 0 Å². The van der Waals surface area contributed by atoms with E-state index in [1.54, 1.807) is 37.3 Å². The first-order valence-electron chi connectivity index (χ1n) is 8.51. The van der Waals surface area contributed by atoms with Crippen molar-refractivity contribution < 1.29 is 19.4 Å². The molecule has 0 aliphatic carbocycles. The van der Waals surface area contributed by atoms with Gasteiger partial charge in [-0.15, -0.1) is 0 Å². The standard InChI is InChI=1S/C18H24N2O6/c1-4-6-8-13-16(19(22)23)18(3,20(24)25)26-17(21)15(5-2)14-11-9-7-10-12-14/h5,7,9-12,16H,4,6,8,13H2,1-3H3. The maximum atomic E-state index is 12.5. The van der Waals surface area contributed by atoms with Crippen LogP contribution in [0.1, 0.15) is 52.0 Å². The molecule has 0 heterocycles. The summed E-state index contributed by atoms with van der Waals surface area (Å²) in [7, 11) is 0. The van der Waals surface area contributed by atoms with Crippen LogP contribution >= 0.6 is 0 Å². The molecule has 2 atom stereocenters. The highest BCUT2D eigenvalue weighted by Gasteiger charge is 2.57. The second-order valence-corrected chi connectivity index (χ2v) is 6.07. The SMILES string of the molecule is CC=C(C(=O)OC(C)(C(CCCCC)[N+](=O)[O-])[N+](=O)[O-])c1ccccc1. The molecule has 0 radical (unpaired) electrons. The highest BCUT2D eigenvalue weighted by molar-refractivity contribution is 6.16. The van der Waals surface area contributed by atoms with E-state index in [2.05, 4.69) is 0 Å². The zero-order chi connectivity index (χ0) is 19.7. The van der Waals surface area contributed by atoms with Gasteiger partial charge in [-0.05, 0) is 18.9 Å². The van der Waals surface area contributed by atoms with Crippen molar-refractivity contribution in [2.45, 2.75) is 58.2 Å². The maximum Gasteiger partial charge on any atom is 0.429 e. The molecule has 0 saturated heterocycles. The normalized spacial score (nSPS) is 15.0. The van der Waals surface area contributed by atoms with Crippen LogP contribution in [0.4, 0.5) is 0 Å². The van der Waals surface area contributed by atoms with Crippen molar-refractivity contribution in [3.05, 3.63) is 62.2 Å². The lowest BCUT2D eigenvalue weighted by molar-refractivity contribution is -0.689. The molecule has 1 aromatic carbocycles. The molecule has 8 nitrogen and oxygen atoms in total. The van der Waals surface area contributed by atoms with Gasteiger partial charge in [0.1, 0.15) is 0 Å². The zero-order valence-electron chi connectivity index (χ0n) is 15.2. The Morgan fingerprint density at radius 3 is 2.31 bits per heavy atom. The molecule has 2 unspecified atom stereocenters. The van der Waals surface area contributed by atoms with Crippen molar-refractivity contribution in [3.63, 3.8) is 0 Å². The number of unbranched alkanes of at least 4 members (excludes halogenated alkanes) is 2. The van der Waals surface area contributed by atoms with Crippen LogP contribution < -0.4 is 0 Å². The van der Waals surface area contributed by atoms with Crippen LogP contribution in [-0.2, 0) is 9.53 Å². The van der Waals surface area contributed by atoms with Gasteiger partial charge in [-0.2, -0.15) is 0 Å². The van der Waals surface area contributed by atoms with Crippen LogP contribution in [0.15, 0.2) is 36.4 Å². The quantitative estimate of drug-likeness (QED) is 0.156. The third-order valence-corrected chi connectivity index (χ3v) is 4.21. The smallest absolute Gasteiger partial charge is 0.387 e. The Morgan fingerprint density at radius 2 is 1.85 bits per heavy atom. The van der Waals surface area contributed by atoms with Gasteiger partial charge in [-0.3, -0.25) is 20.2 Å². The van der Waals surface area contributed by atoms with E-state index in [0.29, 0.717) is 18.4 Å². The highest BCUT2D eigenvalue weighted by Crippen LogP contribution is 2.27. The van der Waals surface area contributed by atoms with E-state index in [1.165, 1.54) is 6.08 Å². The summed E-state index contributed by atoms with van der Waals surface area (Å²) in [4.78, 5) is 33.9. The first-order valence-corrected chi connectivity index (χ1v) is 8.51. The Bertz CT molecular complexity index is 674. The summed E-state index contributed by atoms with van der Waals surface area (Å²) in [5.41, 5.74) is -1.80. The molecule has 1 aromatic rings. The molecule has 0 N–H and O–H groups in total. The molecule has 0 aliphatic heterocycles. The largest absolute Gasteiger partial charge is 0.429 e. The van der Waals surface area contributed by atoms with Gasteiger partial charge < -0.3 is 4.74 Å². The Hall–Kier alpha value is -2.77. The Kier molecular flexibility index (Phi) is 7.89. The second-order valence-electron chi connectivity index (χ2n) is 6.07. The average molecular weight is 364 g/mol. The van der Waals surface area contributed by atoms with Gasteiger partial charge in [0.15, 0.2) is 0 Å². The number of hydrogen-bond donors (Lipinski definition) is 0. The molecule has 0 amide bonds. The Balaban J connectivity index is 3.12. The summed E-state index contributed by atoms with van der Waals surface area (Å²) in [6, 6.07) is 6.88. The second kappa shape index (κ2) is 9.65. The number of esters is 1. The molecular weight excluding hydrogens is 340 g/mol. The summed E-state index contributed by atoms with van der Waals surface area (Å²) >= 11 is 0. The molecule has 0 saturated carbocycles. The molecule has 0 aliphatic rings. The third-order valence-electron chi connectivity index (χ3n) is 4.21. The number of carbonyl (C=O) groups excluding carboxylic acids is 1. The lowest BCUT2D eigenvalue weighted by Gasteiger charge is -2.24. The molecule has 1 rings (SSSR count). The molecule has 0 bridgehead atoms. The van der Waals surface area contributed by atoms with E-state index < -0.39 is 27.6 Å². The highest BCUT2D eigenvalue weighted by atomic mass is 16.7. The van der Waals surface area contributed by atoms with E-state index in [-0.39, 0.29) is 12.0 Å². The number of carbonyl (C=O) groups is 1. The van der Waals surface area contributed by atoms with Crippen LogP contribution in [0.3, 0.4) is 0 Å². The summed E-state index contributed by atoms with van der Waals surface area (Å²) in [6.45, 7) is 4.51. The number of allylic oxidation sites excluding steroid dienone is 1. The van der Waals surface area contributed by atoms with Crippen LogP contribution in [0, 0.1) is 20.2 Å². The van der Waals surface area contributed by atoms with Gasteiger partial charge >= 0.3 is 17.7 Å². The lowest BCUT2D eigenvalue weighted by Crippen LogP contribution is -2.53. The van der Waals surface area contributed by atoms with Gasteiger partial charge in [0.2, 0.25) is 0 Å². The Morgan fingerprint density at radius 1 is 1.23 bits per heavy atom. The Labute approximate surface area is 152 Å². The van der Waals surface area contributed by atoms with Gasteiger partial charge in [0.05, 0.1) is 17.4 Å². The number of hydrogen-bond acceptors (Lipinski definition) is 6. The first kappa shape index (κ1) is 21.3. The van der Waals surface area contributed by atoms with E-state index in [4.69, 9.17) is 4.74 Å². The monoisotopic (exact) mass is 364 g/mol. The van der Waals surface area contributed by atoms with Gasteiger partial charge in [0.25, 0.3) is 0 Å². The summed E-state index contributed by atoms with van der Waals surface area (Å²) < 4.78 is 5.11. The third kappa shape index (κ3) is 5.11. The van der Waals surface area contributed by atoms with Gasteiger partial charge in [0, 0.05) is 11.3 Å². The lowest BCUT2D eigenvalue weighted by atomic mass is 9.99. The van der Waals surface area contributed by atoms with E-state index in [0.717, 1.165) is 13.3 Å². The van der Waals surface area contributed by atoms with Crippen molar-refractivity contribution in [3.8, 4) is 0 Å². The summed E-state index contributed by atoms with van der Waals surface area (Å²) in [6.07, 6.45) is 3.39. The minimum Gasteiger partial charge on any atom is -0.387 e. The summed E-state index contributed by atoms with van der Waals surface area (Å²) in [5.74, 6) is -0.958. The van der Waals surface area contributed by atoms with Crippen molar-refractivity contribution in [1.82, 2.24) is 0 Å².